The molecular formula is C14H11FIN3. The molecule has 3 nitrogen and oxygen atoms in total. The van der Waals surface area contributed by atoms with Gasteiger partial charge in [-0.15, -0.1) is 0 Å². The van der Waals surface area contributed by atoms with Crippen LogP contribution < -0.4 is 0 Å². The SMILES string of the molecule is Cc1ccc2c(I)nn(Cc3ccccc3F)c2n1. The van der Waals surface area contributed by atoms with E-state index in [4.69, 9.17) is 0 Å². The summed E-state index contributed by atoms with van der Waals surface area (Å²) < 4.78 is 16.3. The number of nitrogens with zero attached hydrogens (tertiary/aromatic N) is 3. The fourth-order valence-corrected chi connectivity index (χ4v) is 2.69. The van der Waals surface area contributed by atoms with E-state index < -0.39 is 0 Å². The van der Waals surface area contributed by atoms with Gasteiger partial charge < -0.3 is 0 Å². The molecule has 0 saturated heterocycles. The monoisotopic (exact) mass is 367 g/mol. The molecule has 0 unspecified atom stereocenters. The fourth-order valence-electron chi connectivity index (χ4n) is 2.01. The molecular weight excluding hydrogens is 356 g/mol. The van der Waals surface area contributed by atoms with Crippen LogP contribution in [-0.4, -0.2) is 14.8 Å². The minimum absolute atomic E-state index is 0.214. The molecule has 0 aliphatic carbocycles. The summed E-state index contributed by atoms with van der Waals surface area (Å²) in [5.41, 5.74) is 2.35. The quantitative estimate of drug-likeness (QED) is 0.649. The molecule has 5 heteroatoms. The number of pyridine rings is 1. The topological polar surface area (TPSA) is 30.7 Å². The van der Waals surface area contributed by atoms with Crippen molar-refractivity contribution in [1.29, 1.82) is 0 Å². The summed E-state index contributed by atoms with van der Waals surface area (Å²) in [5.74, 6) is -0.214. The number of fused-ring (bicyclic) bond motifs is 1. The van der Waals surface area contributed by atoms with Crippen LogP contribution in [0.4, 0.5) is 4.39 Å². The highest BCUT2D eigenvalue weighted by Crippen LogP contribution is 2.20. The Morgan fingerprint density at radius 1 is 1.21 bits per heavy atom. The van der Waals surface area contributed by atoms with Crippen LogP contribution in [0, 0.1) is 16.4 Å². The van der Waals surface area contributed by atoms with Crippen molar-refractivity contribution in [3.8, 4) is 0 Å². The average molecular weight is 367 g/mol. The Morgan fingerprint density at radius 3 is 2.79 bits per heavy atom. The van der Waals surface area contributed by atoms with Gasteiger partial charge >= 0.3 is 0 Å². The van der Waals surface area contributed by atoms with Crippen LogP contribution in [0.1, 0.15) is 11.3 Å². The van der Waals surface area contributed by atoms with Crippen molar-refractivity contribution < 1.29 is 4.39 Å². The van der Waals surface area contributed by atoms with Crippen LogP contribution in [0.2, 0.25) is 0 Å². The molecule has 2 aromatic heterocycles. The highest BCUT2D eigenvalue weighted by Gasteiger charge is 2.11. The molecule has 0 fully saturated rings. The number of aryl methyl sites for hydroxylation is 1. The number of rotatable bonds is 2. The summed E-state index contributed by atoms with van der Waals surface area (Å²) in [6.07, 6.45) is 0. The summed E-state index contributed by atoms with van der Waals surface area (Å²) in [6, 6.07) is 10.7. The lowest BCUT2D eigenvalue weighted by Crippen LogP contribution is -2.05. The molecule has 3 aromatic rings. The molecule has 0 aliphatic rings. The molecule has 3 rings (SSSR count). The van der Waals surface area contributed by atoms with E-state index in [0.717, 1.165) is 20.4 Å². The highest BCUT2D eigenvalue weighted by molar-refractivity contribution is 14.1. The Morgan fingerprint density at radius 2 is 2.00 bits per heavy atom. The summed E-state index contributed by atoms with van der Waals surface area (Å²) in [6.45, 7) is 2.33. The van der Waals surface area contributed by atoms with Crippen molar-refractivity contribution in [2.24, 2.45) is 0 Å². The van der Waals surface area contributed by atoms with Gasteiger partial charge in [0, 0.05) is 11.3 Å². The first-order valence-corrected chi connectivity index (χ1v) is 6.96. The second-order valence-electron chi connectivity index (χ2n) is 4.36. The van der Waals surface area contributed by atoms with E-state index >= 15 is 0 Å². The van der Waals surface area contributed by atoms with E-state index in [2.05, 4.69) is 32.7 Å². The zero-order chi connectivity index (χ0) is 13.4. The zero-order valence-corrected chi connectivity index (χ0v) is 12.4. The number of halogens is 2. The van der Waals surface area contributed by atoms with Crippen LogP contribution in [0.5, 0.6) is 0 Å². The van der Waals surface area contributed by atoms with Crippen LogP contribution in [0.25, 0.3) is 11.0 Å². The Labute approximate surface area is 123 Å². The maximum atomic E-state index is 13.7. The van der Waals surface area contributed by atoms with Crippen molar-refractivity contribution in [1.82, 2.24) is 14.8 Å². The van der Waals surface area contributed by atoms with Crippen molar-refractivity contribution in [3.63, 3.8) is 0 Å². The van der Waals surface area contributed by atoms with Gasteiger partial charge in [0.2, 0.25) is 0 Å². The van der Waals surface area contributed by atoms with Gasteiger partial charge in [-0.1, -0.05) is 18.2 Å². The normalized spacial score (nSPS) is 11.1. The molecule has 0 aliphatic heterocycles. The first kappa shape index (κ1) is 12.5. The summed E-state index contributed by atoms with van der Waals surface area (Å²) in [4.78, 5) is 4.50. The van der Waals surface area contributed by atoms with Gasteiger partial charge in [0.15, 0.2) is 5.65 Å². The minimum Gasteiger partial charge on any atom is -0.242 e. The molecule has 0 bridgehead atoms. The van der Waals surface area contributed by atoms with Gasteiger partial charge in [0.05, 0.1) is 11.9 Å². The Bertz CT molecular complexity index is 752. The van der Waals surface area contributed by atoms with Gasteiger partial charge in [-0.05, 0) is 47.7 Å². The molecule has 96 valence electrons. The second kappa shape index (κ2) is 4.88. The molecule has 0 spiro atoms. The molecule has 1 aromatic carbocycles. The van der Waals surface area contributed by atoms with Crippen LogP contribution in [0.15, 0.2) is 36.4 Å². The Balaban J connectivity index is 2.11. The summed E-state index contributed by atoms with van der Waals surface area (Å²) in [7, 11) is 0. The number of benzene rings is 1. The standard InChI is InChI=1S/C14H11FIN3/c1-9-6-7-11-13(16)18-19(14(11)17-9)8-10-4-2-3-5-12(10)15/h2-7H,8H2,1H3. The first-order valence-electron chi connectivity index (χ1n) is 5.88. The molecule has 0 amide bonds. The molecule has 0 N–H and O–H groups in total. The van der Waals surface area contributed by atoms with Gasteiger partial charge in [0.25, 0.3) is 0 Å². The third kappa shape index (κ3) is 2.34. The van der Waals surface area contributed by atoms with Crippen molar-refractivity contribution in [2.75, 3.05) is 0 Å². The molecule has 0 saturated carbocycles. The van der Waals surface area contributed by atoms with E-state index in [0.29, 0.717) is 12.1 Å². The van der Waals surface area contributed by atoms with Crippen LogP contribution in [0.3, 0.4) is 0 Å². The van der Waals surface area contributed by atoms with Gasteiger partial charge in [0.1, 0.15) is 9.52 Å². The predicted octanol–water partition coefficient (Wildman–Crippen LogP) is 3.53. The Kier molecular flexibility index (Phi) is 3.22. The Hall–Kier alpha value is -1.50. The molecule has 19 heavy (non-hydrogen) atoms. The second-order valence-corrected chi connectivity index (χ2v) is 5.39. The highest BCUT2D eigenvalue weighted by atomic mass is 127. The van der Waals surface area contributed by atoms with E-state index in [-0.39, 0.29) is 5.82 Å². The molecule has 2 heterocycles. The number of aromatic nitrogens is 3. The third-order valence-electron chi connectivity index (χ3n) is 2.97. The van der Waals surface area contributed by atoms with Crippen molar-refractivity contribution in [2.45, 2.75) is 13.5 Å². The minimum atomic E-state index is -0.214. The van der Waals surface area contributed by atoms with Crippen LogP contribution in [-0.2, 0) is 6.54 Å². The van der Waals surface area contributed by atoms with Crippen molar-refractivity contribution >= 4 is 33.6 Å². The lowest BCUT2D eigenvalue weighted by Gasteiger charge is -2.04. The summed E-state index contributed by atoms with van der Waals surface area (Å²) >= 11 is 2.18. The first-order chi connectivity index (χ1) is 9.15. The predicted molar refractivity (Wildman–Crippen MR) is 80.5 cm³/mol. The summed E-state index contributed by atoms with van der Waals surface area (Å²) in [5, 5.41) is 5.44. The van der Waals surface area contributed by atoms with E-state index in [1.165, 1.54) is 6.07 Å². The molecule has 0 atom stereocenters. The molecule has 0 radical (unpaired) electrons. The maximum Gasteiger partial charge on any atom is 0.159 e. The van der Waals surface area contributed by atoms with Gasteiger partial charge in [-0.25, -0.2) is 14.1 Å². The van der Waals surface area contributed by atoms with Gasteiger partial charge in [-0.3, -0.25) is 0 Å². The lowest BCUT2D eigenvalue weighted by molar-refractivity contribution is 0.588. The number of hydrogen-bond acceptors (Lipinski definition) is 2. The smallest absolute Gasteiger partial charge is 0.159 e. The largest absolute Gasteiger partial charge is 0.242 e. The maximum absolute atomic E-state index is 13.7. The van der Waals surface area contributed by atoms with E-state index in [9.17, 15) is 4.39 Å². The van der Waals surface area contributed by atoms with Crippen LogP contribution >= 0.6 is 22.6 Å². The average Bonchev–Trinajstić information content (AvgIpc) is 2.69. The van der Waals surface area contributed by atoms with Gasteiger partial charge in [-0.2, -0.15) is 5.10 Å². The van der Waals surface area contributed by atoms with E-state index in [1.807, 2.05) is 25.1 Å². The van der Waals surface area contributed by atoms with E-state index in [1.54, 1.807) is 16.8 Å². The fraction of sp³-hybridized carbons (Fsp3) is 0.143. The van der Waals surface area contributed by atoms with Crippen molar-refractivity contribution in [3.05, 3.63) is 57.2 Å². The lowest BCUT2D eigenvalue weighted by atomic mass is 10.2. The number of hydrogen-bond donors (Lipinski definition) is 0. The zero-order valence-electron chi connectivity index (χ0n) is 10.3. The third-order valence-corrected chi connectivity index (χ3v) is 3.76.